The van der Waals surface area contributed by atoms with Gasteiger partial charge in [-0.15, -0.1) is 0 Å². The predicted molar refractivity (Wildman–Crippen MR) is 53.7 cm³/mol. The molecule has 3 N–H and O–H groups in total. The van der Waals surface area contributed by atoms with Crippen LogP contribution >= 0.6 is 0 Å². The fraction of sp³-hybridized carbons (Fsp3) is 0.444. The van der Waals surface area contributed by atoms with E-state index >= 15 is 0 Å². The van der Waals surface area contributed by atoms with Crippen molar-refractivity contribution in [1.29, 1.82) is 0 Å². The molecule has 0 spiro atoms. The minimum Gasteiger partial charge on any atom is -0.396 e. The highest BCUT2D eigenvalue weighted by molar-refractivity contribution is 5.51. The van der Waals surface area contributed by atoms with Crippen LogP contribution in [0.1, 0.15) is 0 Å². The predicted octanol–water partition coefficient (Wildman–Crippen LogP) is 0.212. The highest BCUT2D eigenvalue weighted by Crippen LogP contribution is 2.17. The Morgan fingerprint density at radius 1 is 1.43 bits per heavy atom. The van der Waals surface area contributed by atoms with Crippen LogP contribution in [0.4, 0.5) is 15.9 Å². The van der Waals surface area contributed by atoms with Crippen LogP contribution in [0.5, 0.6) is 0 Å². The summed E-state index contributed by atoms with van der Waals surface area (Å²) in [7, 11) is 0. The maximum atomic E-state index is 12.8. The van der Waals surface area contributed by atoms with Crippen molar-refractivity contribution in [2.24, 2.45) is 0 Å². The van der Waals surface area contributed by atoms with Gasteiger partial charge in [-0.2, -0.15) is 0 Å². The topological polar surface area (TPSA) is 54.2 Å². The zero-order valence-electron chi connectivity index (χ0n) is 7.83. The third-order valence-electron chi connectivity index (χ3n) is 2.31. The van der Waals surface area contributed by atoms with Crippen LogP contribution in [-0.2, 0) is 0 Å². The number of rotatable bonds is 1. The van der Waals surface area contributed by atoms with Gasteiger partial charge in [0.05, 0.1) is 11.9 Å². The number of hydrogen-bond acceptors (Lipinski definition) is 4. The van der Waals surface area contributed by atoms with Gasteiger partial charge >= 0.3 is 0 Å². The van der Waals surface area contributed by atoms with Crippen LogP contribution in [0, 0.1) is 5.82 Å². The quantitative estimate of drug-likeness (QED) is 0.674. The standard InChI is InChI=1S/C9H13FN4/c10-7-6-13-9(5-8(7)11)14-3-1-12-2-4-14/h5-6,12H,1-4H2,(H2,11,13). The Morgan fingerprint density at radius 2 is 2.14 bits per heavy atom. The van der Waals surface area contributed by atoms with E-state index in [2.05, 4.69) is 15.2 Å². The first-order valence-corrected chi connectivity index (χ1v) is 4.64. The number of nitrogen functional groups attached to an aromatic ring is 1. The first-order chi connectivity index (χ1) is 6.77. The van der Waals surface area contributed by atoms with Crippen LogP contribution in [0.3, 0.4) is 0 Å². The number of nitrogens with zero attached hydrogens (tertiary/aromatic N) is 2. The molecule has 0 saturated carbocycles. The zero-order chi connectivity index (χ0) is 9.97. The molecule has 76 valence electrons. The van der Waals surface area contributed by atoms with Crippen LogP contribution < -0.4 is 16.0 Å². The van der Waals surface area contributed by atoms with Crippen molar-refractivity contribution in [3.8, 4) is 0 Å². The molecule has 0 bridgehead atoms. The lowest BCUT2D eigenvalue weighted by molar-refractivity contribution is 0.582. The monoisotopic (exact) mass is 196 g/mol. The number of anilines is 2. The van der Waals surface area contributed by atoms with Crippen LogP contribution in [0.2, 0.25) is 0 Å². The summed E-state index contributed by atoms with van der Waals surface area (Å²) in [5.41, 5.74) is 5.63. The summed E-state index contributed by atoms with van der Waals surface area (Å²) in [6.45, 7) is 3.63. The molecule has 0 unspecified atom stereocenters. The number of nitrogens with two attached hydrogens (primary N) is 1. The molecule has 0 aromatic carbocycles. The first-order valence-electron chi connectivity index (χ1n) is 4.64. The fourth-order valence-corrected chi connectivity index (χ4v) is 1.51. The summed E-state index contributed by atoms with van der Waals surface area (Å²) in [4.78, 5) is 6.10. The molecule has 1 fully saturated rings. The summed E-state index contributed by atoms with van der Waals surface area (Å²) in [5.74, 6) is 0.300. The Morgan fingerprint density at radius 3 is 2.79 bits per heavy atom. The van der Waals surface area contributed by atoms with E-state index in [0.29, 0.717) is 0 Å². The smallest absolute Gasteiger partial charge is 0.164 e. The second-order valence-corrected chi connectivity index (χ2v) is 3.30. The number of piperazine rings is 1. The van der Waals surface area contributed by atoms with Gasteiger partial charge in [-0.3, -0.25) is 0 Å². The summed E-state index contributed by atoms with van der Waals surface area (Å²) in [6.07, 6.45) is 1.17. The lowest BCUT2D eigenvalue weighted by Gasteiger charge is -2.28. The minimum atomic E-state index is -0.455. The normalized spacial score (nSPS) is 17.1. The zero-order valence-corrected chi connectivity index (χ0v) is 7.83. The van der Waals surface area contributed by atoms with Crippen molar-refractivity contribution in [3.05, 3.63) is 18.1 Å². The van der Waals surface area contributed by atoms with Gasteiger partial charge < -0.3 is 16.0 Å². The molecule has 0 atom stereocenters. The van der Waals surface area contributed by atoms with Crippen molar-refractivity contribution < 1.29 is 4.39 Å². The van der Waals surface area contributed by atoms with Gasteiger partial charge in [-0.25, -0.2) is 9.37 Å². The largest absolute Gasteiger partial charge is 0.396 e. The minimum absolute atomic E-state index is 0.161. The van der Waals surface area contributed by atoms with Crippen molar-refractivity contribution in [1.82, 2.24) is 10.3 Å². The van der Waals surface area contributed by atoms with Crippen LogP contribution in [0.15, 0.2) is 12.3 Å². The van der Waals surface area contributed by atoms with E-state index in [0.717, 1.165) is 32.0 Å². The Bertz CT molecular complexity index is 323. The molecule has 2 heterocycles. The maximum absolute atomic E-state index is 12.8. The lowest BCUT2D eigenvalue weighted by atomic mass is 10.3. The van der Waals surface area contributed by atoms with E-state index in [1.807, 2.05) is 0 Å². The molecule has 1 aliphatic rings. The van der Waals surface area contributed by atoms with Crippen LogP contribution in [-0.4, -0.2) is 31.2 Å². The molecule has 1 saturated heterocycles. The summed E-state index contributed by atoms with van der Waals surface area (Å²) >= 11 is 0. The van der Waals surface area contributed by atoms with E-state index < -0.39 is 5.82 Å². The lowest BCUT2D eigenvalue weighted by Crippen LogP contribution is -2.43. The third-order valence-corrected chi connectivity index (χ3v) is 2.31. The average Bonchev–Trinajstić information content (AvgIpc) is 2.23. The van der Waals surface area contributed by atoms with E-state index in [1.54, 1.807) is 6.07 Å². The molecule has 5 heteroatoms. The maximum Gasteiger partial charge on any atom is 0.164 e. The number of aromatic nitrogens is 1. The second-order valence-electron chi connectivity index (χ2n) is 3.30. The molecule has 0 radical (unpaired) electrons. The van der Waals surface area contributed by atoms with Gasteiger partial charge in [-0.05, 0) is 0 Å². The van der Waals surface area contributed by atoms with E-state index in [1.165, 1.54) is 6.20 Å². The van der Waals surface area contributed by atoms with Crippen molar-refractivity contribution in [2.45, 2.75) is 0 Å². The average molecular weight is 196 g/mol. The molecule has 4 nitrogen and oxygen atoms in total. The number of nitrogens with one attached hydrogen (secondary N) is 1. The second kappa shape index (κ2) is 3.79. The van der Waals surface area contributed by atoms with Crippen LogP contribution in [0.25, 0.3) is 0 Å². The number of pyridine rings is 1. The van der Waals surface area contributed by atoms with Gasteiger partial charge in [0, 0.05) is 32.2 Å². The van der Waals surface area contributed by atoms with E-state index in [-0.39, 0.29) is 5.69 Å². The van der Waals surface area contributed by atoms with Gasteiger partial charge in [0.2, 0.25) is 0 Å². The Kier molecular flexibility index (Phi) is 2.49. The molecule has 1 aromatic heterocycles. The highest BCUT2D eigenvalue weighted by atomic mass is 19.1. The molecular weight excluding hydrogens is 183 g/mol. The Hall–Kier alpha value is -1.36. The van der Waals surface area contributed by atoms with Gasteiger partial charge in [0.15, 0.2) is 5.82 Å². The highest BCUT2D eigenvalue weighted by Gasteiger charge is 2.12. The number of hydrogen-bond donors (Lipinski definition) is 2. The van der Waals surface area contributed by atoms with Gasteiger partial charge in [-0.1, -0.05) is 0 Å². The molecule has 2 rings (SSSR count). The van der Waals surface area contributed by atoms with E-state index in [4.69, 9.17) is 5.73 Å². The van der Waals surface area contributed by atoms with Crippen molar-refractivity contribution in [3.63, 3.8) is 0 Å². The van der Waals surface area contributed by atoms with Gasteiger partial charge in [0.25, 0.3) is 0 Å². The first kappa shape index (κ1) is 9.21. The van der Waals surface area contributed by atoms with E-state index in [9.17, 15) is 4.39 Å². The molecular formula is C9H13FN4. The molecule has 14 heavy (non-hydrogen) atoms. The Labute approximate surface area is 81.9 Å². The molecule has 0 amide bonds. The SMILES string of the molecule is Nc1cc(N2CCNCC2)ncc1F. The van der Waals surface area contributed by atoms with Gasteiger partial charge in [0.1, 0.15) is 5.82 Å². The number of halogens is 1. The summed E-state index contributed by atoms with van der Waals surface area (Å²) in [6, 6.07) is 1.58. The Balaban J connectivity index is 2.18. The van der Waals surface area contributed by atoms with Crippen molar-refractivity contribution in [2.75, 3.05) is 36.8 Å². The fourth-order valence-electron chi connectivity index (χ4n) is 1.51. The summed E-state index contributed by atoms with van der Waals surface area (Å²) < 4.78 is 12.8. The third kappa shape index (κ3) is 1.77. The molecule has 0 aliphatic carbocycles. The molecule has 1 aromatic rings. The van der Waals surface area contributed by atoms with Crippen molar-refractivity contribution >= 4 is 11.5 Å². The summed E-state index contributed by atoms with van der Waals surface area (Å²) in [5, 5.41) is 3.24. The molecule has 1 aliphatic heterocycles.